The van der Waals surface area contributed by atoms with Crippen molar-refractivity contribution in [2.45, 2.75) is 30.1 Å². The normalized spacial score (nSPS) is 31.7. The van der Waals surface area contributed by atoms with Crippen LogP contribution >= 0.6 is 15.9 Å². The van der Waals surface area contributed by atoms with E-state index in [1.54, 1.807) is 0 Å². The molecule has 0 N–H and O–H groups in total. The van der Waals surface area contributed by atoms with Crippen molar-refractivity contribution in [3.63, 3.8) is 0 Å². The number of carbonyl (C=O) groups is 1. The Morgan fingerprint density at radius 3 is 2.93 bits per heavy atom. The fourth-order valence-corrected chi connectivity index (χ4v) is 2.76. The highest BCUT2D eigenvalue weighted by Crippen LogP contribution is 2.41. The topological polar surface area (TPSA) is 20.3 Å². The summed E-state index contributed by atoms with van der Waals surface area (Å²) in [5.74, 6) is 0. The zero-order valence-corrected chi connectivity index (χ0v) is 9.88. The van der Waals surface area contributed by atoms with Crippen LogP contribution in [-0.4, -0.2) is 22.7 Å². The van der Waals surface area contributed by atoms with E-state index in [1.165, 1.54) is 24.0 Å². The van der Waals surface area contributed by atoms with Gasteiger partial charge < -0.3 is 4.90 Å². The highest BCUT2D eigenvalue weighted by molar-refractivity contribution is 9.10. The Morgan fingerprint density at radius 1 is 1.50 bits per heavy atom. The summed E-state index contributed by atoms with van der Waals surface area (Å²) in [4.78, 5) is 13.1. The minimum absolute atomic E-state index is 0.572. The van der Waals surface area contributed by atoms with Gasteiger partial charge in [-0.3, -0.25) is 4.79 Å². The van der Waals surface area contributed by atoms with E-state index in [9.17, 15) is 4.79 Å². The van der Waals surface area contributed by atoms with Gasteiger partial charge in [0.05, 0.1) is 0 Å². The molecule has 0 aromatic rings. The third-order valence-corrected chi connectivity index (χ3v) is 4.33. The molecule has 0 saturated carbocycles. The average molecular weight is 256 g/mol. The van der Waals surface area contributed by atoms with E-state index in [2.05, 4.69) is 22.0 Å². The molecule has 0 aromatic heterocycles. The minimum Gasteiger partial charge on any atom is -0.356 e. The Balaban J connectivity index is 2.45. The maximum atomic E-state index is 11.2. The van der Waals surface area contributed by atoms with E-state index in [1.807, 2.05) is 18.1 Å². The summed E-state index contributed by atoms with van der Waals surface area (Å²) in [7, 11) is 1.93. The third-order valence-electron chi connectivity index (χ3n) is 3.10. The zero-order valence-electron chi connectivity index (χ0n) is 8.29. The Kier molecular flexibility index (Phi) is 2.52. The monoisotopic (exact) mass is 255 g/mol. The van der Waals surface area contributed by atoms with Crippen LogP contribution in [0, 0.1) is 0 Å². The molecule has 0 amide bonds. The smallest absolute Gasteiger partial charge is 0.173 e. The first-order chi connectivity index (χ1) is 6.68. The van der Waals surface area contributed by atoms with Crippen LogP contribution in [0.15, 0.2) is 23.4 Å². The molecule has 14 heavy (non-hydrogen) atoms. The molecular weight excluding hydrogens is 242 g/mol. The number of alkyl halides is 1. The van der Waals surface area contributed by atoms with Gasteiger partial charge in [0.1, 0.15) is 0 Å². The van der Waals surface area contributed by atoms with Gasteiger partial charge in [0.2, 0.25) is 0 Å². The lowest BCUT2D eigenvalue weighted by molar-refractivity contribution is -0.111. The predicted molar refractivity (Wildman–Crippen MR) is 60.1 cm³/mol. The maximum Gasteiger partial charge on any atom is 0.173 e. The second-order valence-corrected chi connectivity index (χ2v) is 5.14. The van der Waals surface area contributed by atoms with Crippen molar-refractivity contribution >= 4 is 22.2 Å². The summed E-state index contributed by atoms with van der Waals surface area (Å²) in [5, 5.41) is 0. The fraction of sp³-hybridized carbons (Fsp3) is 0.545. The Morgan fingerprint density at radius 2 is 2.21 bits per heavy atom. The SMILES string of the molecule is CN1C=CC2=C(CCCC2)C1(Br)C=O. The highest BCUT2D eigenvalue weighted by Gasteiger charge is 2.38. The lowest BCUT2D eigenvalue weighted by Gasteiger charge is -2.39. The van der Waals surface area contributed by atoms with Crippen molar-refractivity contribution in [1.29, 1.82) is 0 Å². The molecule has 2 aliphatic rings. The van der Waals surface area contributed by atoms with Crippen LogP contribution in [-0.2, 0) is 4.79 Å². The number of carbonyl (C=O) groups excluding carboxylic acids is 1. The number of hydrogen-bond acceptors (Lipinski definition) is 2. The van der Waals surface area contributed by atoms with Gasteiger partial charge in [-0.1, -0.05) is 0 Å². The average Bonchev–Trinajstić information content (AvgIpc) is 2.24. The van der Waals surface area contributed by atoms with Gasteiger partial charge >= 0.3 is 0 Å². The van der Waals surface area contributed by atoms with Crippen LogP contribution in [0.2, 0.25) is 0 Å². The van der Waals surface area contributed by atoms with Crippen LogP contribution in [0.3, 0.4) is 0 Å². The molecule has 1 heterocycles. The molecular formula is C11H14BrNO. The summed E-state index contributed by atoms with van der Waals surface area (Å²) in [6, 6.07) is 0. The van der Waals surface area contributed by atoms with Gasteiger partial charge in [0.25, 0.3) is 0 Å². The number of rotatable bonds is 1. The van der Waals surface area contributed by atoms with Crippen LogP contribution < -0.4 is 0 Å². The molecule has 1 unspecified atom stereocenters. The quantitative estimate of drug-likeness (QED) is 0.408. The van der Waals surface area contributed by atoms with Crippen molar-refractivity contribution in [3.8, 4) is 0 Å². The lowest BCUT2D eigenvalue weighted by atomic mass is 9.85. The van der Waals surface area contributed by atoms with Crippen LogP contribution in [0.25, 0.3) is 0 Å². The first-order valence-electron chi connectivity index (χ1n) is 4.97. The summed E-state index contributed by atoms with van der Waals surface area (Å²) >= 11 is 3.55. The van der Waals surface area contributed by atoms with Crippen molar-refractivity contribution in [1.82, 2.24) is 4.90 Å². The molecule has 0 fully saturated rings. The van der Waals surface area contributed by atoms with Crippen molar-refractivity contribution in [3.05, 3.63) is 23.4 Å². The number of aldehydes is 1. The van der Waals surface area contributed by atoms with E-state index >= 15 is 0 Å². The molecule has 0 bridgehead atoms. The number of nitrogens with zero attached hydrogens (tertiary/aromatic N) is 1. The molecule has 2 nitrogen and oxygen atoms in total. The second kappa shape index (κ2) is 3.54. The third kappa shape index (κ3) is 1.34. The first kappa shape index (κ1) is 9.97. The Labute approximate surface area is 92.8 Å². The predicted octanol–water partition coefficient (Wildman–Crippen LogP) is 2.61. The van der Waals surface area contributed by atoms with Gasteiger partial charge in [-0.15, -0.1) is 0 Å². The first-order valence-corrected chi connectivity index (χ1v) is 5.76. The molecule has 2 rings (SSSR count). The van der Waals surface area contributed by atoms with Crippen molar-refractivity contribution in [2.75, 3.05) is 7.05 Å². The number of hydrogen-bond donors (Lipinski definition) is 0. The van der Waals surface area contributed by atoms with Crippen LogP contribution in [0.5, 0.6) is 0 Å². The second-order valence-electron chi connectivity index (χ2n) is 3.93. The van der Waals surface area contributed by atoms with Crippen molar-refractivity contribution < 1.29 is 4.79 Å². The molecule has 1 atom stereocenters. The van der Waals surface area contributed by atoms with E-state index in [4.69, 9.17) is 0 Å². The summed E-state index contributed by atoms with van der Waals surface area (Å²) in [6.45, 7) is 0. The maximum absolute atomic E-state index is 11.2. The van der Waals surface area contributed by atoms with E-state index in [0.717, 1.165) is 19.1 Å². The number of halogens is 1. The molecule has 0 saturated heterocycles. The van der Waals surface area contributed by atoms with Gasteiger partial charge in [-0.05, 0) is 58.8 Å². The molecule has 0 spiro atoms. The molecule has 1 aliphatic heterocycles. The number of likely N-dealkylation sites (N-methyl/N-ethyl adjacent to an activating group) is 1. The molecule has 3 heteroatoms. The minimum atomic E-state index is -0.572. The van der Waals surface area contributed by atoms with Crippen LogP contribution in [0.4, 0.5) is 0 Å². The molecule has 76 valence electrons. The lowest BCUT2D eigenvalue weighted by Crippen LogP contribution is -2.43. The fourth-order valence-electron chi connectivity index (χ4n) is 2.19. The molecule has 1 aliphatic carbocycles. The van der Waals surface area contributed by atoms with Crippen LogP contribution in [0.1, 0.15) is 25.7 Å². The number of allylic oxidation sites excluding steroid dienone is 2. The largest absolute Gasteiger partial charge is 0.356 e. The summed E-state index contributed by atoms with van der Waals surface area (Å²) in [5.41, 5.74) is 2.60. The van der Waals surface area contributed by atoms with Gasteiger partial charge in [-0.2, -0.15) is 0 Å². The van der Waals surface area contributed by atoms with E-state index in [0.29, 0.717) is 0 Å². The van der Waals surface area contributed by atoms with E-state index < -0.39 is 4.45 Å². The summed E-state index contributed by atoms with van der Waals surface area (Å²) in [6.07, 6.45) is 9.70. The highest BCUT2D eigenvalue weighted by atomic mass is 79.9. The standard InChI is InChI=1S/C11H14BrNO/c1-13-7-6-9-4-2-3-5-10(9)11(13,12)8-14/h6-8H,2-5H2,1H3. The van der Waals surface area contributed by atoms with Gasteiger partial charge in [-0.25, -0.2) is 0 Å². The zero-order chi connectivity index (χ0) is 10.2. The Hall–Kier alpha value is -0.570. The summed E-state index contributed by atoms with van der Waals surface area (Å²) < 4.78 is -0.572. The van der Waals surface area contributed by atoms with Gasteiger partial charge in [0, 0.05) is 13.2 Å². The molecule has 0 aromatic carbocycles. The molecule has 0 radical (unpaired) electrons. The Bertz CT molecular complexity index is 321. The van der Waals surface area contributed by atoms with E-state index in [-0.39, 0.29) is 0 Å². The van der Waals surface area contributed by atoms with Gasteiger partial charge in [0.15, 0.2) is 10.7 Å². The van der Waals surface area contributed by atoms with Crippen molar-refractivity contribution in [2.24, 2.45) is 0 Å².